The maximum Gasteiger partial charge on any atom is 0.323 e. The minimum atomic E-state index is -1.10. The van der Waals surface area contributed by atoms with Gasteiger partial charge in [0.25, 0.3) is 0 Å². The fourth-order valence-corrected chi connectivity index (χ4v) is 0.921. The first-order valence-electron chi connectivity index (χ1n) is 4.27. The zero-order valence-electron chi connectivity index (χ0n) is 8.15. The molecule has 0 aliphatic carbocycles. The van der Waals surface area contributed by atoms with Crippen molar-refractivity contribution >= 4 is 17.8 Å². The molecule has 0 radical (unpaired) electrons. The molecule has 0 saturated heterocycles. The maximum atomic E-state index is 11.1. The second-order valence-electron chi connectivity index (χ2n) is 2.92. The number of carbonyl (C=O) groups is 2. The molecule has 0 saturated carbocycles. The van der Waals surface area contributed by atoms with Gasteiger partial charge in [0.1, 0.15) is 12.4 Å². The molecule has 6 nitrogen and oxygen atoms in total. The Kier molecular flexibility index (Phi) is 3.61. The molecule has 80 valence electrons. The Labute approximate surface area is 86.3 Å². The van der Waals surface area contributed by atoms with E-state index in [1.165, 1.54) is 0 Å². The van der Waals surface area contributed by atoms with E-state index in [4.69, 9.17) is 5.11 Å². The first kappa shape index (κ1) is 11.0. The molecule has 3 N–H and O–H groups in total. The molecule has 6 heteroatoms. The summed E-state index contributed by atoms with van der Waals surface area (Å²) in [4.78, 5) is 25.1. The van der Waals surface area contributed by atoms with Gasteiger partial charge < -0.3 is 10.4 Å². The zero-order valence-corrected chi connectivity index (χ0v) is 8.15. The van der Waals surface area contributed by atoms with Crippen LogP contribution in [0.1, 0.15) is 5.56 Å². The topological polar surface area (TPSA) is 91.3 Å². The molecule has 15 heavy (non-hydrogen) atoms. The zero-order chi connectivity index (χ0) is 11.3. The number of aromatic nitrogens is 1. The molecule has 0 unspecified atom stereocenters. The predicted octanol–water partition coefficient (Wildman–Crippen LogP) is 0.596. The molecule has 2 amide bonds. The van der Waals surface area contributed by atoms with E-state index in [2.05, 4.69) is 15.6 Å². The van der Waals surface area contributed by atoms with E-state index in [1.54, 1.807) is 18.3 Å². The number of hydrogen-bond donors (Lipinski definition) is 3. The van der Waals surface area contributed by atoms with Gasteiger partial charge in [0, 0.05) is 6.20 Å². The highest BCUT2D eigenvalue weighted by molar-refractivity contribution is 5.90. The van der Waals surface area contributed by atoms with E-state index in [0.29, 0.717) is 5.82 Å². The van der Waals surface area contributed by atoms with Crippen molar-refractivity contribution in [1.29, 1.82) is 0 Å². The van der Waals surface area contributed by atoms with Crippen LogP contribution in [-0.4, -0.2) is 28.6 Å². The van der Waals surface area contributed by atoms with Crippen molar-refractivity contribution in [3.63, 3.8) is 0 Å². The summed E-state index contributed by atoms with van der Waals surface area (Å²) in [7, 11) is 0. The van der Waals surface area contributed by atoms with Crippen molar-refractivity contribution in [3.05, 3.63) is 23.9 Å². The summed E-state index contributed by atoms with van der Waals surface area (Å²) in [5, 5.41) is 12.9. The number of anilines is 1. The smallest absolute Gasteiger partial charge is 0.323 e. The van der Waals surface area contributed by atoms with Gasteiger partial charge in [-0.15, -0.1) is 0 Å². The Morgan fingerprint density at radius 1 is 1.53 bits per heavy atom. The molecular weight excluding hydrogens is 198 g/mol. The lowest BCUT2D eigenvalue weighted by Crippen LogP contribution is -2.33. The molecule has 1 aromatic heterocycles. The molecule has 1 heterocycles. The molecule has 0 bridgehead atoms. The number of nitrogens with one attached hydrogen (secondary N) is 2. The van der Waals surface area contributed by atoms with Gasteiger partial charge in [-0.05, 0) is 24.6 Å². The Hall–Kier alpha value is -2.11. The maximum absolute atomic E-state index is 11.1. The second-order valence-corrected chi connectivity index (χ2v) is 2.92. The number of aryl methyl sites for hydroxylation is 1. The minimum Gasteiger partial charge on any atom is -0.480 e. The number of aliphatic carboxylic acids is 1. The van der Waals surface area contributed by atoms with E-state index in [9.17, 15) is 9.59 Å². The van der Waals surface area contributed by atoms with Gasteiger partial charge in [0.15, 0.2) is 0 Å². The van der Waals surface area contributed by atoms with Crippen molar-refractivity contribution in [2.24, 2.45) is 0 Å². The van der Waals surface area contributed by atoms with Gasteiger partial charge in [-0.25, -0.2) is 9.78 Å². The molecule has 0 fully saturated rings. The largest absolute Gasteiger partial charge is 0.480 e. The molecule has 1 aromatic rings. The van der Waals surface area contributed by atoms with Crippen LogP contribution in [0, 0.1) is 6.92 Å². The molecule has 0 atom stereocenters. The van der Waals surface area contributed by atoms with Gasteiger partial charge in [-0.1, -0.05) is 0 Å². The molecule has 0 aliphatic rings. The van der Waals surface area contributed by atoms with Crippen molar-refractivity contribution in [1.82, 2.24) is 10.3 Å². The van der Waals surface area contributed by atoms with E-state index in [-0.39, 0.29) is 0 Å². The average molecular weight is 209 g/mol. The Bertz CT molecular complexity index is 379. The standard InChI is InChI=1S/C9H11N3O3/c1-6-2-3-10-7(4-6)12-9(15)11-5-8(13)14/h2-4H,5H2,1H3,(H,13,14)(H2,10,11,12,15). The van der Waals surface area contributed by atoms with Crippen LogP contribution in [0.15, 0.2) is 18.3 Å². The summed E-state index contributed by atoms with van der Waals surface area (Å²) in [6.45, 7) is 1.44. The SMILES string of the molecule is Cc1ccnc(NC(=O)NCC(=O)O)c1. The van der Waals surface area contributed by atoms with Crippen LogP contribution >= 0.6 is 0 Å². The fourth-order valence-electron chi connectivity index (χ4n) is 0.921. The molecule has 1 rings (SSSR count). The van der Waals surface area contributed by atoms with Crippen LogP contribution in [0.3, 0.4) is 0 Å². The van der Waals surface area contributed by atoms with E-state index in [1.807, 2.05) is 6.92 Å². The van der Waals surface area contributed by atoms with E-state index < -0.39 is 18.5 Å². The number of urea groups is 1. The number of carboxylic acids is 1. The van der Waals surface area contributed by atoms with Crippen molar-refractivity contribution < 1.29 is 14.7 Å². The summed E-state index contributed by atoms with van der Waals surface area (Å²) in [6, 6.07) is 2.89. The Morgan fingerprint density at radius 2 is 2.27 bits per heavy atom. The third-order valence-electron chi connectivity index (χ3n) is 1.56. The van der Waals surface area contributed by atoms with Crippen molar-refractivity contribution in [2.75, 3.05) is 11.9 Å². The lowest BCUT2D eigenvalue weighted by molar-refractivity contribution is -0.135. The van der Waals surface area contributed by atoms with Crippen LogP contribution in [0.2, 0.25) is 0 Å². The number of pyridine rings is 1. The Morgan fingerprint density at radius 3 is 2.87 bits per heavy atom. The van der Waals surface area contributed by atoms with Crippen molar-refractivity contribution in [2.45, 2.75) is 6.92 Å². The summed E-state index contributed by atoms with van der Waals surface area (Å²) >= 11 is 0. The number of rotatable bonds is 3. The number of nitrogens with zero attached hydrogens (tertiary/aromatic N) is 1. The lowest BCUT2D eigenvalue weighted by Gasteiger charge is -2.04. The molecule has 0 aromatic carbocycles. The average Bonchev–Trinajstić information content (AvgIpc) is 2.15. The number of carboxylic acid groups (broad SMARTS) is 1. The third kappa shape index (κ3) is 4.08. The molecular formula is C9H11N3O3. The third-order valence-corrected chi connectivity index (χ3v) is 1.56. The van der Waals surface area contributed by atoms with E-state index in [0.717, 1.165) is 5.56 Å². The first-order chi connectivity index (χ1) is 7.08. The van der Waals surface area contributed by atoms with Gasteiger partial charge in [0.05, 0.1) is 0 Å². The molecule has 0 aliphatic heterocycles. The predicted molar refractivity (Wildman–Crippen MR) is 53.6 cm³/mol. The quantitative estimate of drug-likeness (QED) is 0.679. The highest BCUT2D eigenvalue weighted by atomic mass is 16.4. The van der Waals surface area contributed by atoms with Gasteiger partial charge >= 0.3 is 12.0 Å². The van der Waals surface area contributed by atoms with Gasteiger partial charge in [0.2, 0.25) is 0 Å². The van der Waals surface area contributed by atoms with Crippen LogP contribution in [0.25, 0.3) is 0 Å². The summed E-state index contributed by atoms with van der Waals surface area (Å²) in [6.07, 6.45) is 1.56. The monoisotopic (exact) mass is 209 g/mol. The Balaban J connectivity index is 2.48. The van der Waals surface area contributed by atoms with Crippen LogP contribution in [0.4, 0.5) is 10.6 Å². The van der Waals surface area contributed by atoms with Crippen molar-refractivity contribution in [3.8, 4) is 0 Å². The first-order valence-corrected chi connectivity index (χ1v) is 4.27. The second kappa shape index (κ2) is 4.94. The minimum absolute atomic E-state index is 0.387. The van der Waals surface area contributed by atoms with Gasteiger partial charge in [-0.3, -0.25) is 10.1 Å². The number of carbonyl (C=O) groups excluding carboxylic acids is 1. The highest BCUT2D eigenvalue weighted by Gasteiger charge is 2.04. The van der Waals surface area contributed by atoms with Crippen LogP contribution in [-0.2, 0) is 4.79 Å². The van der Waals surface area contributed by atoms with Crippen LogP contribution in [0.5, 0.6) is 0 Å². The highest BCUT2D eigenvalue weighted by Crippen LogP contribution is 2.04. The molecule has 0 spiro atoms. The lowest BCUT2D eigenvalue weighted by atomic mass is 10.3. The normalized spacial score (nSPS) is 9.40. The number of hydrogen-bond acceptors (Lipinski definition) is 3. The van der Waals surface area contributed by atoms with Crippen LogP contribution < -0.4 is 10.6 Å². The number of amides is 2. The summed E-state index contributed by atoms with van der Waals surface area (Å²) in [5.74, 6) is -0.708. The fraction of sp³-hybridized carbons (Fsp3) is 0.222. The van der Waals surface area contributed by atoms with E-state index >= 15 is 0 Å². The summed E-state index contributed by atoms with van der Waals surface area (Å²) < 4.78 is 0. The summed E-state index contributed by atoms with van der Waals surface area (Å²) in [5.41, 5.74) is 0.957. The van der Waals surface area contributed by atoms with Gasteiger partial charge in [-0.2, -0.15) is 0 Å².